The number of amides is 1. The average molecular weight is 495 g/mol. The van der Waals surface area contributed by atoms with Gasteiger partial charge in [-0.2, -0.15) is 5.10 Å². The standard InChI is InChI=1S/C27H42N8O/c1-5-14-34(15-6-2)17-8-7-16-33(4)27(36)24-11-9-23(10-12-24)19-35(20-25-29-22-30-31-25)21-26-28-13-18-32(26)3/h9-13,18,22H,5-8,14-17,19-21H2,1-4H3,(H,29,30,31). The minimum Gasteiger partial charge on any atom is -0.342 e. The van der Waals surface area contributed by atoms with Crippen LogP contribution in [0.1, 0.15) is 67.1 Å². The van der Waals surface area contributed by atoms with Crippen molar-refractivity contribution < 1.29 is 4.79 Å². The molecule has 196 valence electrons. The van der Waals surface area contributed by atoms with Crippen molar-refractivity contribution >= 4 is 5.91 Å². The number of aromatic amines is 1. The van der Waals surface area contributed by atoms with Gasteiger partial charge >= 0.3 is 0 Å². The zero-order chi connectivity index (χ0) is 25.8. The Hall–Kier alpha value is -3.04. The van der Waals surface area contributed by atoms with Crippen LogP contribution >= 0.6 is 0 Å². The fraction of sp³-hybridized carbons (Fsp3) is 0.556. The number of imidazole rings is 1. The molecule has 36 heavy (non-hydrogen) atoms. The van der Waals surface area contributed by atoms with Gasteiger partial charge in [0.25, 0.3) is 5.91 Å². The summed E-state index contributed by atoms with van der Waals surface area (Å²) in [6.45, 7) is 10.7. The molecule has 2 aromatic heterocycles. The summed E-state index contributed by atoms with van der Waals surface area (Å²) in [4.78, 5) is 28.3. The van der Waals surface area contributed by atoms with E-state index < -0.39 is 0 Å². The van der Waals surface area contributed by atoms with Crippen LogP contribution in [0.5, 0.6) is 0 Å². The second-order valence-corrected chi connectivity index (χ2v) is 9.50. The highest BCUT2D eigenvalue weighted by atomic mass is 16.2. The average Bonchev–Trinajstić information content (AvgIpc) is 3.53. The van der Waals surface area contributed by atoms with E-state index in [1.807, 2.05) is 60.2 Å². The molecule has 3 rings (SSSR count). The summed E-state index contributed by atoms with van der Waals surface area (Å²) < 4.78 is 2.02. The fourth-order valence-electron chi connectivity index (χ4n) is 4.42. The zero-order valence-electron chi connectivity index (χ0n) is 22.4. The van der Waals surface area contributed by atoms with Crippen molar-refractivity contribution in [1.29, 1.82) is 0 Å². The predicted molar refractivity (Wildman–Crippen MR) is 142 cm³/mol. The van der Waals surface area contributed by atoms with E-state index in [1.54, 1.807) is 0 Å². The Labute approximate surface area is 215 Å². The molecule has 0 bridgehead atoms. The van der Waals surface area contributed by atoms with E-state index in [9.17, 15) is 4.79 Å². The first-order valence-corrected chi connectivity index (χ1v) is 13.1. The summed E-state index contributed by atoms with van der Waals surface area (Å²) in [6.07, 6.45) is 9.81. The second-order valence-electron chi connectivity index (χ2n) is 9.50. The van der Waals surface area contributed by atoms with E-state index in [2.05, 4.69) is 43.8 Å². The monoisotopic (exact) mass is 494 g/mol. The number of carbonyl (C=O) groups excluding carboxylic acids is 1. The Kier molecular flexibility index (Phi) is 11.1. The molecule has 0 spiro atoms. The minimum absolute atomic E-state index is 0.0760. The zero-order valence-corrected chi connectivity index (χ0v) is 22.4. The lowest BCUT2D eigenvalue weighted by Crippen LogP contribution is -2.30. The van der Waals surface area contributed by atoms with E-state index in [0.717, 1.165) is 61.8 Å². The van der Waals surface area contributed by atoms with E-state index in [1.165, 1.54) is 19.2 Å². The van der Waals surface area contributed by atoms with Crippen molar-refractivity contribution in [3.8, 4) is 0 Å². The number of hydrogen-bond acceptors (Lipinski definition) is 6. The number of aromatic nitrogens is 5. The Morgan fingerprint density at radius 3 is 2.25 bits per heavy atom. The fourth-order valence-corrected chi connectivity index (χ4v) is 4.42. The number of aryl methyl sites for hydroxylation is 1. The van der Waals surface area contributed by atoms with Crippen LogP contribution in [-0.4, -0.2) is 78.6 Å². The molecule has 0 aliphatic rings. The largest absolute Gasteiger partial charge is 0.342 e. The number of benzene rings is 1. The van der Waals surface area contributed by atoms with Crippen molar-refractivity contribution in [1.82, 2.24) is 39.4 Å². The van der Waals surface area contributed by atoms with Gasteiger partial charge in [-0.15, -0.1) is 0 Å². The number of nitrogens with zero attached hydrogens (tertiary/aromatic N) is 7. The van der Waals surface area contributed by atoms with Gasteiger partial charge in [0.15, 0.2) is 0 Å². The van der Waals surface area contributed by atoms with Gasteiger partial charge in [0.1, 0.15) is 18.0 Å². The van der Waals surface area contributed by atoms with Crippen LogP contribution in [-0.2, 0) is 26.7 Å². The summed E-state index contributed by atoms with van der Waals surface area (Å²) in [5.74, 6) is 1.87. The smallest absolute Gasteiger partial charge is 0.253 e. The Morgan fingerprint density at radius 2 is 1.64 bits per heavy atom. The molecular weight excluding hydrogens is 452 g/mol. The van der Waals surface area contributed by atoms with Crippen molar-refractivity contribution in [2.45, 2.75) is 59.2 Å². The van der Waals surface area contributed by atoms with Crippen LogP contribution in [0.15, 0.2) is 43.0 Å². The van der Waals surface area contributed by atoms with Crippen LogP contribution in [0.4, 0.5) is 0 Å². The van der Waals surface area contributed by atoms with E-state index in [-0.39, 0.29) is 5.91 Å². The first-order valence-electron chi connectivity index (χ1n) is 13.1. The summed E-state index contributed by atoms with van der Waals surface area (Å²) in [5, 5.41) is 6.91. The van der Waals surface area contributed by atoms with Crippen molar-refractivity contribution in [2.24, 2.45) is 7.05 Å². The first kappa shape index (κ1) is 27.5. The highest BCUT2D eigenvalue weighted by Gasteiger charge is 2.15. The van der Waals surface area contributed by atoms with Gasteiger partial charge in [-0.3, -0.25) is 14.8 Å². The molecule has 3 aromatic rings. The summed E-state index contributed by atoms with van der Waals surface area (Å²) in [5.41, 5.74) is 1.86. The van der Waals surface area contributed by atoms with E-state index >= 15 is 0 Å². The van der Waals surface area contributed by atoms with Crippen molar-refractivity contribution in [3.05, 3.63) is 65.8 Å². The lowest BCUT2D eigenvalue weighted by molar-refractivity contribution is 0.0791. The van der Waals surface area contributed by atoms with Crippen LogP contribution in [0.2, 0.25) is 0 Å². The van der Waals surface area contributed by atoms with E-state index in [0.29, 0.717) is 19.6 Å². The number of carbonyl (C=O) groups is 1. The Bertz CT molecular complexity index is 1010. The molecule has 0 radical (unpaired) electrons. The number of nitrogens with one attached hydrogen (secondary N) is 1. The topological polar surface area (TPSA) is 86.2 Å². The highest BCUT2D eigenvalue weighted by Crippen LogP contribution is 2.14. The molecule has 0 fully saturated rings. The quantitative estimate of drug-likeness (QED) is 0.306. The van der Waals surface area contributed by atoms with Gasteiger partial charge in [-0.05, 0) is 63.0 Å². The van der Waals surface area contributed by atoms with Crippen LogP contribution in [0.25, 0.3) is 0 Å². The van der Waals surface area contributed by atoms with Crippen LogP contribution in [0, 0.1) is 0 Å². The molecule has 2 heterocycles. The first-order chi connectivity index (χ1) is 17.5. The summed E-state index contributed by atoms with van der Waals surface area (Å²) in [7, 11) is 3.90. The van der Waals surface area contributed by atoms with Gasteiger partial charge in [0, 0.05) is 45.1 Å². The lowest BCUT2D eigenvalue weighted by Gasteiger charge is -2.22. The van der Waals surface area contributed by atoms with Gasteiger partial charge in [0.2, 0.25) is 0 Å². The molecular formula is C27H42N8O. The third-order valence-electron chi connectivity index (χ3n) is 6.38. The summed E-state index contributed by atoms with van der Waals surface area (Å²) in [6, 6.07) is 7.96. The maximum absolute atomic E-state index is 12.9. The normalized spacial score (nSPS) is 11.5. The number of unbranched alkanes of at least 4 members (excludes halogenated alkanes) is 1. The van der Waals surface area contributed by atoms with Crippen LogP contribution < -0.4 is 0 Å². The molecule has 1 amide bonds. The number of hydrogen-bond donors (Lipinski definition) is 1. The maximum Gasteiger partial charge on any atom is 0.253 e. The Balaban J connectivity index is 1.52. The molecule has 0 unspecified atom stereocenters. The van der Waals surface area contributed by atoms with Gasteiger partial charge in [-0.1, -0.05) is 26.0 Å². The third-order valence-corrected chi connectivity index (χ3v) is 6.38. The lowest BCUT2D eigenvalue weighted by atomic mass is 10.1. The predicted octanol–water partition coefficient (Wildman–Crippen LogP) is 3.71. The van der Waals surface area contributed by atoms with Gasteiger partial charge in [0.05, 0.1) is 13.1 Å². The maximum atomic E-state index is 12.9. The van der Waals surface area contributed by atoms with E-state index in [4.69, 9.17) is 0 Å². The second kappa shape index (κ2) is 14.5. The molecule has 9 nitrogen and oxygen atoms in total. The molecule has 0 saturated heterocycles. The molecule has 1 aromatic carbocycles. The molecule has 1 N–H and O–H groups in total. The van der Waals surface area contributed by atoms with Crippen molar-refractivity contribution in [3.63, 3.8) is 0 Å². The molecule has 0 atom stereocenters. The van der Waals surface area contributed by atoms with Crippen molar-refractivity contribution in [2.75, 3.05) is 33.2 Å². The highest BCUT2D eigenvalue weighted by molar-refractivity contribution is 5.94. The van der Waals surface area contributed by atoms with Gasteiger partial charge < -0.3 is 14.4 Å². The summed E-state index contributed by atoms with van der Waals surface area (Å²) >= 11 is 0. The Morgan fingerprint density at radius 1 is 0.917 bits per heavy atom. The minimum atomic E-state index is 0.0760. The molecule has 0 aliphatic carbocycles. The number of rotatable bonds is 16. The SMILES string of the molecule is CCCN(CCC)CCCCN(C)C(=O)c1ccc(CN(Cc2ncn[nH]2)Cc2nccn2C)cc1. The van der Waals surface area contributed by atoms with Crippen LogP contribution in [0.3, 0.4) is 0 Å². The third kappa shape index (κ3) is 8.57. The molecule has 0 aliphatic heterocycles. The molecule has 0 saturated carbocycles. The molecule has 9 heteroatoms. The van der Waals surface area contributed by atoms with Gasteiger partial charge in [-0.25, -0.2) is 9.97 Å². The number of H-pyrrole nitrogens is 1.